The van der Waals surface area contributed by atoms with Gasteiger partial charge in [-0.3, -0.25) is 4.79 Å². The van der Waals surface area contributed by atoms with Gasteiger partial charge in [-0.2, -0.15) is 5.26 Å². The van der Waals surface area contributed by atoms with E-state index >= 15 is 0 Å². The summed E-state index contributed by atoms with van der Waals surface area (Å²) in [6.45, 7) is 6.84. The number of hydrogen-bond donors (Lipinski definition) is 0. The van der Waals surface area contributed by atoms with Crippen LogP contribution in [0.5, 0.6) is 0 Å². The predicted octanol–water partition coefficient (Wildman–Crippen LogP) is 1.02. The summed E-state index contributed by atoms with van der Waals surface area (Å²) in [5.41, 5.74) is 0. The Bertz CT molecular complexity index is 224. The summed E-state index contributed by atoms with van der Waals surface area (Å²) >= 11 is 0. The first-order valence-corrected chi connectivity index (χ1v) is 4.54. The third-order valence-corrected chi connectivity index (χ3v) is 2.21. The minimum absolute atomic E-state index is 0.0767. The van der Waals surface area contributed by atoms with Crippen molar-refractivity contribution in [1.82, 2.24) is 4.90 Å². The number of rotatable bonds is 4. The van der Waals surface area contributed by atoms with Crippen LogP contribution in [0.25, 0.3) is 0 Å². The van der Waals surface area contributed by atoms with E-state index in [1.54, 1.807) is 0 Å². The van der Waals surface area contributed by atoms with Gasteiger partial charge in [-0.25, -0.2) is 0 Å². The first-order valence-electron chi connectivity index (χ1n) is 4.54. The maximum absolute atomic E-state index is 11.2. The Morgan fingerprint density at radius 2 is 2.15 bits per heavy atom. The molecule has 1 aliphatic rings. The first kappa shape index (κ1) is 10.2. The van der Waals surface area contributed by atoms with Crippen LogP contribution in [0.4, 0.5) is 0 Å². The highest BCUT2D eigenvalue weighted by Gasteiger charge is 2.31. The van der Waals surface area contributed by atoms with E-state index < -0.39 is 0 Å². The number of carbonyl (C=O) groups excluding carboxylic acids is 1. The van der Waals surface area contributed by atoms with Crippen molar-refractivity contribution in [3.63, 3.8) is 0 Å². The Morgan fingerprint density at radius 3 is 2.62 bits per heavy atom. The van der Waals surface area contributed by atoms with Crippen molar-refractivity contribution < 1.29 is 4.79 Å². The zero-order chi connectivity index (χ0) is 9.84. The van der Waals surface area contributed by atoms with E-state index in [-0.39, 0.29) is 18.1 Å². The zero-order valence-electron chi connectivity index (χ0n) is 8.21. The van der Waals surface area contributed by atoms with E-state index in [2.05, 4.69) is 18.7 Å². The fourth-order valence-corrected chi connectivity index (χ4v) is 1.57. The second-order valence-corrected chi connectivity index (χ2v) is 3.90. The molecule has 0 spiro atoms. The summed E-state index contributed by atoms with van der Waals surface area (Å²) in [5, 5.41) is 8.33. The van der Waals surface area contributed by atoms with Gasteiger partial charge < -0.3 is 4.90 Å². The van der Waals surface area contributed by atoms with Crippen molar-refractivity contribution >= 4 is 5.78 Å². The fourth-order valence-electron chi connectivity index (χ4n) is 1.57. The van der Waals surface area contributed by atoms with Crippen LogP contribution >= 0.6 is 0 Å². The molecule has 0 aromatic heterocycles. The summed E-state index contributed by atoms with van der Waals surface area (Å²) < 4.78 is 0. The predicted molar refractivity (Wildman–Crippen MR) is 49.8 cm³/mol. The second kappa shape index (κ2) is 4.38. The monoisotopic (exact) mass is 179 g/mol. The molecule has 1 rings (SSSR count). The molecular weight excluding hydrogens is 164 g/mol. The quantitative estimate of drug-likeness (QED) is 0.647. The molecule has 1 aliphatic heterocycles. The Morgan fingerprint density at radius 1 is 1.54 bits per heavy atom. The average molecular weight is 179 g/mol. The number of likely N-dealkylation sites (tertiary alicyclic amines) is 1. The fraction of sp³-hybridized carbons (Fsp3) is 0.700. The summed E-state index contributed by atoms with van der Waals surface area (Å²) in [7, 11) is 0. The molecule has 71 valence electrons. The van der Waals surface area contributed by atoms with Crippen LogP contribution in [0.3, 0.4) is 0 Å². The van der Waals surface area contributed by atoms with E-state index in [9.17, 15) is 4.79 Å². The molecule has 0 saturated carbocycles. The maximum Gasteiger partial charge on any atom is 0.152 e. The summed E-state index contributed by atoms with van der Waals surface area (Å²) in [4.78, 5) is 13.4. The molecule has 0 amide bonds. The summed E-state index contributed by atoms with van der Waals surface area (Å²) in [6.07, 6.45) is 0.0767. The molecule has 0 aromatic carbocycles. The number of nitriles is 1. The van der Waals surface area contributed by atoms with Gasteiger partial charge in [0.25, 0.3) is 0 Å². The van der Waals surface area contributed by atoms with Gasteiger partial charge in [-0.15, -0.1) is 0 Å². The van der Waals surface area contributed by atoms with E-state index in [4.69, 9.17) is 5.26 Å². The maximum atomic E-state index is 11.2. The lowest BCUT2D eigenvalue weighted by atomic mass is 9.93. The molecule has 1 saturated heterocycles. The van der Waals surface area contributed by atoms with Crippen molar-refractivity contribution in [2.45, 2.75) is 20.3 Å². The topological polar surface area (TPSA) is 44.1 Å². The Kier molecular flexibility index (Phi) is 3.44. The average Bonchev–Trinajstić information content (AvgIpc) is 1.95. The molecule has 1 fully saturated rings. The molecule has 1 radical (unpaired) electrons. The van der Waals surface area contributed by atoms with Crippen LogP contribution in [-0.4, -0.2) is 30.3 Å². The molecular formula is C10H15N2O. The van der Waals surface area contributed by atoms with Crippen LogP contribution < -0.4 is 0 Å². The normalized spacial score (nSPS) is 18.3. The number of ketones is 1. The van der Waals surface area contributed by atoms with Gasteiger partial charge in [-0.05, 0) is 5.92 Å². The van der Waals surface area contributed by atoms with Gasteiger partial charge in [0.15, 0.2) is 5.78 Å². The molecule has 3 nitrogen and oxygen atoms in total. The van der Waals surface area contributed by atoms with Gasteiger partial charge in [0.1, 0.15) is 0 Å². The number of nitrogens with zero attached hydrogens (tertiary/aromatic N) is 2. The van der Waals surface area contributed by atoms with Crippen molar-refractivity contribution in [3.05, 3.63) is 5.92 Å². The van der Waals surface area contributed by atoms with Crippen molar-refractivity contribution in [3.8, 4) is 6.07 Å². The molecule has 0 unspecified atom stereocenters. The molecule has 0 aliphatic carbocycles. The molecule has 13 heavy (non-hydrogen) atoms. The Hall–Kier alpha value is -0.880. The third-order valence-electron chi connectivity index (χ3n) is 2.21. The molecule has 3 heteroatoms. The Balaban J connectivity index is 2.18. The first-order chi connectivity index (χ1) is 6.13. The molecule has 0 N–H and O–H groups in total. The third kappa shape index (κ3) is 2.82. The van der Waals surface area contributed by atoms with E-state index in [1.807, 2.05) is 6.07 Å². The minimum Gasteiger partial charge on any atom is -0.301 e. The molecule has 0 bridgehead atoms. The molecule has 1 heterocycles. The van der Waals surface area contributed by atoms with Gasteiger partial charge in [0.2, 0.25) is 0 Å². The van der Waals surface area contributed by atoms with Crippen LogP contribution in [0.15, 0.2) is 0 Å². The summed E-state index contributed by atoms with van der Waals surface area (Å²) in [5.74, 6) is 1.60. The van der Waals surface area contributed by atoms with Crippen LogP contribution in [-0.2, 0) is 4.79 Å². The number of hydrogen-bond acceptors (Lipinski definition) is 3. The van der Waals surface area contributed by atoms with Crippen molar-refractivity contribution in [2.75, 3.05) is 19.6 Å². The number of Topliss-reactive ketones (excluding diaryl/α,β-unsaturated/α-hetero) is 1. The smallest absolute Gasteiger partial charge is 0.152 e. The second-order valence-electron chi connectivity index (χ2n) is 3.90. The highest BCUT2D eigenvalue weighted by molar-refractivity contribution is 5.84. The van der Waals surface area contributed by atoms with E-state index in [0.29, 0.717) is 0 Å². The van der Waals surface area contributed by atoms with Gasteiger partial charge in [0.05, 0.1) is 12.5 Å². The van der Waals surface area contributed by atoms with Crippen LogP contribution in [0, 0.1) is 23.2 Å². The summed E-state index contributed by atoms with van der Waals surface area (Å²) in [6, 6.07) is 1.90. The minimum atomic E-state index is 0.0767. The standard InChI is InChI=1S/C10H15N2O/c1-8(2)5-12-6-9(7-12)10(13)3-4-11/h9H,3,5-7H2,1-2H3. The largest absolute Gasteiger partial charge is 0.301 e. The van der Waals surface area contributed by atoms with E-state index in [0.717, 1.165) is 19.6 Å². The lowest BCUT2D eigenvalue weighted by Gasteiger charge is -2.38. The molecule has 0 aromatic rings. The zero-order valence-corrected chi connectivity index (χ0v) is 8.21. The lowest BCUT2D eigenvalue weighted by Crippen LogP contribution is -2.51. The van der Waals surface area contributed by atoms with Crippen molar-refractivity contribution in [2.24, 2.45) is 5.92 Å². The molecule has 0 atom stereocenters. The van der Waals surface area contributed by atoms with Crippen molar-refractivity contribution in [1.29, 1.82) is 5.26 Å². The van der Waals surface area contributed by atoms with Gasteiger partial charge in [-0.1, -0.05) is 13.8 Å². The highest BCUT2D eigenvalue weighted by atomic mass is 16.1. The highest BCUT2D eigenvalue weighted by Crippen LogP contribution is 2.19. The number of carbonyl (C=O) groups is 1. The SMILES string of the molecule is C[C](C)CN1CC(C(=O)CC#N)C1. The van der Waals surface area contributed by atoms with E-state index in [1.165, 1.54) is 5.92 Å². The van der Waals surface area contributed by atoms with Gasteiger partial charge >= 0.3 is 0 Å². The Labute approximate surface area is 79.3 Å². The van der Waals surface area contributed by atoms with Crippen LogP contribution in [0.2, 0.25) is 0 Å². The van der Waals surface area contributed by atoms with Gasteiger partial charge in [0, 0.05) is 25.6 Å². The lowest BCUT2D eigenvalue weighted by molar-refractivity contribution is -0.126. The van der Waals surface area contributed by atoms with Crippen LogP contribution in [0.1, 0.15) is 20.3 Å².